The molecule has 1 atom stereocenters. The molecule has 33 heavy (non-hydrogen) atoms. The second kappa shape index (κ2) is 10.2. The summed E-state index contributed by atoms with van der Waals surface area (Å²) in [6.45, 7) is 0.774. The van der Waals surface area contributed by atoms with Crippen molar-refractivity contribution in [1.29, 1.82) is 0 Å². The van der Waals surface area contributed by atoms with Crippen molar-refractivity contribution < 1.29 is 29.0 Å². The number of hydrogen-bond donors (Lipinski definition) is 2. The number of nitrogens with one attached hydrogen (secondary N) is 1. The van der Waals surface area contributed by atoms with E-state index in [1.165, 1.54) is 4.90 Å². The van der Waals surface area contributed by atoms with Crippen LogP contribution in [0.4, 0.5) is 4.79 Å². The summed E-state index contributed by atoms with van der Waals surface area (Å²) in [6.07, 6.45) is -0.618. The fourth-order valence-electron chi connectivity index (χ4n) is 4.11. The Morgan fingerprint density at radius 2 is 1.76 bits per heavy atom. The number of rotatable bonds is 4. The topological polar surface area (TPSA) is 105 Å². The molecule has 2 aromatic rings. The van der Waals surface area contributed by atoms with Crippen molar-refractivity contribution in [2.24, 2.45) is 5.92 Å². The van der Waals surface area contributed by atoms with E-state index in [4.69, 9.17) is 14.6 Å². The number of hydrogen-bond acceptors (Lipinski definition) is 5. The summed E-state index contributed by atoms with van der Waals surface area (Å²) in [5, 5.41) is 11.7. The molecule has 1 heterocycles. The average Bonchev–Trinajstić information content (AvgIpc) is 2.96. The fourth-order valence-corrected chi connectivity index (χ4v) is 4.11. The monoisotopic (exact) mass is 448 g/mol. The number of fused-ring (bicyclic) bond motifs is 3. The van der Waals surface area contributed by atoms with Crippen LogP contribution in [0.25, 0.3) is 11.1 Å². The summed E-state index contributed by atoms with van der Waals surface area (Å²) in [7, 11) is 0. The van der Waals surface area contributed by atoms with Crippen molar-refractivity contribution in [2.45, 2.75) is 5.92 Å². The van der Waals surface area contributed by atoms with Crippen molar-refractivity contribution in [3.8, 4) is 23.0 Å². The van der Waals surface area contributed by atoms with E-state index in [2.05, 4.69) is 29.3 Å². The van der Waals surface area contributed by atoms with E-state index in [1.807, 2.05) is 36.4 Å². The number of aliphatic carboxylic acids is 1. The maximum Gasteiger partial charge on any atom is 0.407 e. The van der Waals surface area contributed by atoms with Crippen LogP contribution in [0.3, 0.4) is 0 Å². The Morgan fingerprint density at radius 3 is 2.42 bits per heavy atom. The molecule has 1 fully saturated rings. The van der Waals surface area contributed by atoms with Gasteiger partial charge in [0.05, 0.1) is 25.7 Å². The Labute approximate surface area is 191 Å². The van der Waals surface area contributed by atoms with E-state index in [1.54, 1.807) is 0 Å². The number of alkyl carbamates (subject to hydrolysis) is 1. The summed E-state index contributed by atoms with van der Waals surface area (Å²) in [6, 6.07) is 16.1. The highest BCUT2D eigenvalue weighted by molar-refractivity contribution is 5.94. The molecular formula is C25H24N2O6. The number of amides is 2. The maximum atomic E-state index is 12.3. The van der Waals surface area contributed by atoms with Crippen LogP contribution in [0.2, 0.25) is 0 Å². The average molecular weight is 448 g/mol. The lowest BCUT2D eigenvalue weighted by atomic mass is 9.98. The normalized spacial score (nSPS) is 17.1. The Morgan fingerprint density at radius 1 is 1.09 bits per heavy atom. The summed E-state index contributed by atoms with van der Waals surface area (Å²) >= 11 is 0. The van der Waals surface area contributed by atoms with Gasteiger partial charge in [-0.2, -0.15) is 0 Å². The second-order valence-electron chi connectivity index (χ2n) is 7.84. The van der Waals surface area contributed by atoms with Gasteiger partial charge in [-0.3, -0.25) is 9.59 Å². The quantitative estimate of drug-likeness (QED) is 0.694. The smallest absolute Gasteiger partial charge is 0.407 e. The SMILES string of the molecule is O=C(NCC#CC(=O)N1CCOCC(C(=O)O)C1)OCC1c2ccccc2-c2ccccc21. The molecule has 4 rings (SSSR count). The zero-order valence-corrected chi connectivity index (χ0v) is 18.0. The lowest BCUT2D eigenvalue weighted by Gasteiger charge is -2.18. The minimum atomic E-state index is -1.01. The molecular weight excluding hydrogens is 424 g/mol. The van der Waals surface area contributed by atoms with Gasteiger partial charge in [-0.05, 0) is 28.2 Å². The van der Waals surface area contributed by atoms with Crippen molar-refractivity contribution in [3.63, 3.8) is 0 Å². The van der Waals surface area contributed by atoms with Crippen LogP contribution in [0.5, 0.6) is 0 Å². The molecule has 2 amide bonds. The van der Waals surface area contributed by atoms with E-state index in [0.29, 0.717) is 0 Å². The summed E-state index contributed by atoms with van der Waals surface area (Å²) in [4.78, 5) is 37.0. The van der Waals surface area contributed by atoms with Crippen LogP contribution in [0.15, 0.2) is 48.5 Å². The molecule has 8 heteroatoms. The number of carboxylic acids is 1. The van der Waals surface area contributed by atoms with Crippen molar-refractivity contribution >= 4 is 18.0 Å². The van der Waals surface area contributed by atoms with E-state index < -0.39 is 23.9 Å². The van der Waals surface area contributed by atoms with Gasteiger partial charge >= 0.3 is 12.1 Å². The molecule has 0 radical (unpaired) electrons. The number of carbonyl (C=O) groups is 3. The van der Waals surface area contributed by atoms with Crippen molar-refractivity contribution in [3.05, 3.63) is 59.7 Å². The zero-order chi connectivity index (χ0) is 23.2. The fraction of sp³-hybridized carbons (Fsp3) is 0.320. The molecule has 0 aromatic heterocycles. The third kappa shape index (κ3) is 5.16. The molecule has 1 aliphatic heterocycles. The van der Waals surface area contributed by atoms with E-state index in [9.17, 15) is 14.4 Å². The zero-order valence-electron chi connectivity index (χ0n) is 18.0. The molecule has 1 unspecified atom stereocenters. The molecule has 8 nitrogen and oxygen atoms in total. The van der Waals surface area contributed by atoms with Crippen molar-refractivity contribution in [1.82, 2.24) is 10.2 Å². The molecule has 2 N–H and O–H groups in total. The summed E-state index contributed by atoms with van der Waals surface area (Å²) < 4.78 is 10.6. The van der Waals surface area contributed by atoms with E-state index in [0.717, 1.165) is 22.3 Å². The first kappa shape index (κ1) is 22.4. The lowest BCUT2D eigenvalue weighted by Crippen LogP contribution is -2.37. The van der Waals surface area contributed by atoms with Gasteiger partial charge in [0, 0.05) is 19.0 Å². The predicted octanol–water partition coefficient (Wildman–Crippen LogP) is 2.09. The molecule has 2 aliphatic rings. The Bertz CT molecular complexity index is 1070. The lowest BCUT2D eigenvalue weighted by molar-refractivity contribution is -0.144. The molecule has 170 valence electrons. The van der Waals surface area contributed by atoms with Crippen LogP contribution in [-0.2, 0) is 19.1 Å². The third-order valence-electron chi connectivity index (χ3n) is 5.76. The Kier molecular flexibility index (Phi) is 6.91. The maximum absolute atomic E-state index is 12.3. The van der Waals surface area contributed by atoms with Crippen LogP contribution in [-0.4, -0.2) is 67.4 Å². The molecule has 2 aromatic carbocycles. The van der Waals surface area contributed by atoms with Crippen LogP contribution in [0, 0.1) is 17.8 Å². The molecule has 1 saturated heterocycles. The largest absolute Gasteiger partial charge is 0.481 e. The predicted molar refractivity (Wildman–Crippen MR) is 119 cm³/mol. The molecule has 0 bridgehead atoms. The Hall–Kier alpha value is -3.83. The number of carboxylic acid groups (broad SMARTS) is 1. The molecule has 0 saturated carbocycles. The van der Waals surface area contributed by atoms with Crippen molar-refractivity contribution in [2.75, 3.05) is 39.5 Å². The second-order valence-corrected chi connectivity index (χ2v) is 7.84. The number of carbonyl (C=O) groups excluding carboxylic acids is 2. The van der Waals surface area contributed by atoms with Crippen LogP contribution >= 0.6 is 0 Å². The van der Waals surface area contributed by atoms with Crippen LogP contribution in [0.1, 0.15) is 17.0 Å². The Balaban J connectivity index is 1.28. The minimum absolute atomic E-state index is 0.0387. The van der Waals surface area contributed by atoms with Gasteiger partial charge in [-0.1, -0.05) is 54.5 Å². The minimum Gasteiger partial charge on any atom is -0.481 e. The van der Waals surface area contributed by atoms with Gasteiger partial charge in [0.1, 0.15) is 6.61 Å². The number of ether oxygens (including phenoxy) is 2. The van der Waals surface area contributed by atoms with Gasteiger partial charge in [0.2, 0.25) is 0 Å². The van der Waals surface area contributed by atoms with Gasteiger partial charge in [-0.15, -0.1) is 0 Å². The highest BCUT2D eigenvalue weighted by atomic mass is 16.5. The van der Waals surface area contributed by atoms with Gasteiger partial charge in [0.15, 0.2) is 0 Å². The van der Waals surface area contributed by atoms with Crippen LogP contribution < -0.4 is 5.32 Å². The summed E-state index contributed by atoms with van der Waals surface area (Å²) in [5.41, 5.74) is 4.54. The highest BCUT2D eigenvalue weighted by Gasteiger charge is 2.29. The number of nitrogens with zero attached hydrogens (tertiary/aromatic N) is 1. The highest BCUT2D eigenvalue weighted by Crippen LogP contribution is 2.44. The first-order valence-corrected chi connectivity index (χ1v) is 10.7. The standard InChI is InChI=1S/C25H24N2O6/c28-23(27-12-13-32-15-17(14-27)24(29)30)10-5-11-26-25(31)33-16-22-20-8-3-1-6-18(20)19-7-2-4-9-21(19)22/h1-4,6-9,17,22H,11-16H2,(H,26,31)(H,29,30). The first-order chi connectivity index (χ1) is 16.0. The summed E-state index contributed by atoms with van der Waals surface area (Å²) in [5.74, 6) is 2.70. The van der Waals surface area contributed by atoms with Gasteiger partial charge in [-0.25, -0.2) is 4.79 Å². The first-order valence-electron chi connectivity index (χ1n) is 10.7. The third-order valence-corrected chi connectivity index (χ3v) is 5.76. The van der Waals surface area contributed by atoms with Gasteiger partial charge < -0.3 is 24.8 Å². The van der Waals surface area contributed by atoms with E-state index in [-0.39, 0.29) is 45.4 Å². The van der Waals surface area contributed by atoms with E-state index >= 15 is 0 Å². The molecule has 1 aliphatic carbocycles. The molecule has 0 spiro atoms. The van der Waals surface area contributed by atoms with Gasteiger partial charge in [0.25, 0.3) is 5.91 Å². The number of benzene rings is 2.